The first kappa shape index (κ1) is 18.0. The van der Waals surface area contributed by atoms with Gasteiger partial charge < -0.3 is 10.6 Å². The van der Waals surface area contributed by atoms with E-state index in [1.165, 1.54) is 36.8 Å². The Labute approximate surface area is 141 Å². The second kappa shape index (κ2) is 7.96. The van der Waals surface area contributed by atoms with Crippen LogP contribution in [0.3, 0.4) is 0 Å². The van der Waals surface area contributed by atoms with Crippen LogP contribution in [0.25, 0.3) is 0 Å². The van der Waals surface area contributed by atoms with E-state index in [9.17, 15) is 4.79 Å². The minimum absolute atomic E-state index is 0.0893. The predicted molar refractivity (Wildman–Crippen MR) is 96.2 cm³/mol. The van der Waals surface area contributed by atoms with Gasteiger partial charge in [-0.2, -0.15) is 0 Å². The SMILES string of the molecule is Cc1ccccc1CNC(=O)CNC1CCCCC1C(C)(C)C. The number of rotatable bonds is 5. The smallest absolute Gasteiger partial charge is 0.234 e. The maximum atomic E-state index is 12.2. The molecule has 23 heavy (non-hydrogen) atoms. The fourth-order valence-corrected chi connectivity index (χ4v) is 3.70. The molecule has 0 heterocycles. The van der Waals surface area contributed by atoms with Crippen molar-refractivity contribution in [1.29, 1.82) is 0 Å². The zero-order valence-corrected chi connectivity index (χ0v) is 15.1. The molecule has 2 atom stereocenters. The monoisotopic (exact) mass is 316 g/mol. The van der Waals surface area contributed by atoms with Gasteiger partial charge >= 0.3 is 0 Å². The third kappa shape index (κ3) is 5.35. The van der Waals surface area contributed by atoms with Crippen molar-refractivity contribution in [3.8, 4) is 0 Å². The van der Waals surface area contributed by atoms with Gasteiger partial charge in [0.1, 0.15) is 0 Å². The van der Waals surface area contributed by atoms with E-state index in [1.54, 1.807) is 0 Å². The van der Waals surface area contributed by atoms with Gasteiger partial charge in [-0.1, -0.05) is 57.9 Å². The first-order valence-electron chi connectivity index (χ1n) is 8.92. The maximum Gasteiger partial charge on any atom is 0.234 e. The molecule has 0 bridgehead atoms. The Kier molecular flexibility index (Phi) is 6.23. The molecule has 3 heteroatoms. The number of amides is 1. The first-order valence-corrected chi connectivity index (χ1v) is 8.92. The highest BCUT2D eigenvalue weighted by Crippen LogP contribution is 2.37. The van der Waals surface area contributed by atoms with Crippen molar-refractivity contribution in [1.82, 2.24) is 10.6 Å². The molecule has 1 aliphatic carbocycles. The lowest BCUT2D eigenvalue weighted by Gasteiger charge is -2.40. The van der Waals surface area contributed by atoms with Crippen molar-refractivity contribution in [2.45, 2.75) is 66.0 Å². The van der Waals surface area contributed by atoms with Crippen molar-refractivity contribution >= 4 is 5.91 Å². The van der Waals surface area contributed by atoms with Crippen molar-refractivity contribution in [3.05, 3.63) is 35.4 Å². The summed E-state index contributed by atoms with van der Waals surface area (Å²) in [6.45, 7) is 10.1. The van der Waals surface area contributed by atoms with E-state index in [2.05, 4.69) is 50.5 Å². The summed E-state index contributed by atoms with van der Waals surface area (Å²) in [7, 11) is 0. The quantitative estimate of drug-likeness (QED) is 0.867. The highest BCUT2D eigenvalue weighted by Gasteiger charge is 2.33. The predicted octanol–water partition coefficient (Wildman–Crippen LogP) is 3.81. The van der Waals surface area contributed by atoms with Crippen LogP contribution in [0, 0.1) is 18.3 Å². The molecular formula is C20H32N2O. The number of hydrogen-bond donors (Lipinski definition) is 2. The largest absolute Gasteiger partial charge is 0.351 e. The van der Waals surface area contributed by atoms with E-state index in [1.807, 2.05) is 12.1 Å². The van der Waals surface area contributed by atoms with Crippen LogP contribution in [-0.2, 0) is 11.3 Å². The van der Waals surface area contributed by atoms with Crippen molar-refractivity contribution in [3.63, 3.8) is 0 Å². The van der Waals surface area contributed by atoms with E-state index in [-0.39, 0.29) is 5.91 Å². The van der Waals surface area contributed by atoms with Crippen LogP contribution in [0.2, 0.25) is 0 Å². The van der Waals surface area contributed by atoms with Gasteiger partial charge in [0.2, 0.25) is 5.91 Å². The van der Waals surface area contributed by atoms with Crippen molar-refractivity contribution in [2.75, 3.05) is 6.54 Å². The summed E-state index contributed by atoms with van der Waals surface area (Å²) in [5.74, 6) is 0.743. The van der Waals surface area contributed by atoms with Gasteiger partial charge in [0.15, 0.2) is 0 Å². The standard InChI is InChI=1S/C20H32N2O/c1-15-9-5-6-10-16(15)13-22-19(23)14-21-18-12-8-7-11-17(18)20(2,3)4/h5-6,9-10,17-18,21H,7-8,11-14H2,1-4H3,(H,22,23). The summed E-state index contributed by atoms with van der Waals surface area (Å²) in [6.07, 6.45) is 5.05. The second-order valence-electron chi connectivity index (χ2n) is 7.95. The molecule has 1 aliphatic rings. The molecule has 0 radical (unpaired) electrons. The van der Waals surface area contributed by atoms with Gasteiger partial charge in [0.25, 0.3) is 0 Å². The number of carbonyl (C=O) groups excluding carboxylic acids is 1. The molecule has 2 unspecified atom stereocenters. The molecule has 2 rings (SSSR count). The maximum absolute atomic E-state index is 12.2. The third-order valence-electron chi connectivity index (χ3n) is 5.14. The summed E-state index contributed by atoms with van der Waals surface area (Å²) in [4.78, 5) is 12.2. The van der Waals surface area contributed by atoms with Crippen molar-refractivity contribution < 1.29 is 4.79 Å². The average Bonchev–Trinajstić information content (AvgIpc) is 2.51. The van der Waals surface area contributed by atoms with E-state index in [0.717, 1.165) is 0 Å². The van der Waals surface area contributed by atoms with E-state index >= 15 is 0 Å². The van der Waals surface area contributed by atoms with E-state index in [4.69, 9.17) is 0 Å². The van der Waals surface area contributed by atoms with Crippen LogP contribution in [0.1, 0.15) is 57.6 Å². The van der Waals surface area contributed by atoms with Gasteiger partial charge in [-0.25, -0.2) is 0 Å². The minimum atomic E-state index is 0.0893. The lowest BCUT2D eigenvalue weighted by Crippen LogP contribution is -2.47. The number of benzene rings is 1. The highest BCUT2D eigenvalue weighted by molar-refractivity contribution is 5.78. The zero-order valence-electron chi connectivity index (χ0n) is 15.1. The number of carbonyl (C=O) groups is 1. The van der Waals surface area contributed by atoms with Crippen LogP contribution in [0.4, 0.5) is 0 Å². The summed E-state index contributed by atoms with van der Waals surface area (Å²) in [5, 5.41) is 6.55. The molecule has 0 aliphatic heterocycles. The average molecular weight is 316 g/mol. The Morgan fingerprint density at radius 1 is 1.17 bits per heavy atom. The van der Waals surface area contributed by atoms with Crippen molar-refractivity contribution in [2.24, 2.45) is 11.3 Å². The topological polar surface area (TPSA) is 41.1 Å². The van der Waals surface area contributed by atoms with Crippen LogP contribution < -0.4 is 10.6 Å². The molecule has 1 aromatic rings. The van der Waals surface area contributed by atoms with E-state index < -0.39 is 0 Å². The number of aryl methyl sites for hydroxylation is 1. The van der Waals surface area contributed by atoms with E-state index in [0.29, 0.717) is 30.5 Å². The molecule has 1 saturated carbocycles. The Bertz CT molecular complexity index is 519. The summed E-state index contributed by atoms with van der Waals surface area (Å²) >= 11 is 0. The number of hydrogen-bond acceptors (Lipinski definition) is 2. The number of nitrogens with one attached hydrogen (secondary N) is 2. The fraction of sp³-hybridized carbons (Fsp3) is 0.650. The van der Waals surface area contributed by atoms with Gasteiger partial charge in [-0.3, -0.25) is 4.79 Å². The molecule has 1 aromatic carbocycles. The Morgan fingerprint density at radius 2 is 1.87 bits per heavy atom. The molecule has 2 N–H and O–H groups in total. The second-order valence-corrected chi connectivity index (χ2v) is 7.95. The molecular weight excluding hydrogens is 284 g/mol. The summed E-state index contributed by atoms with van der Waals surface area (Å²) in [5.41, 5.74) is 2.71. The van der Waals surface area contributed by atoms with Gasteiger partial charge in [0.05, 0.1) is 6.54 Å². The third-order valence-corrected chi connectivity index (χ3v) is 5.14. The minimum Gasteiger partial charge on any atom is -0.351 e. The van der Waals surface area contributed by atoms with Crippen LogP contribution in [-0.4, -0.2) is 18.5 Å². The fourth-order valence-electron chi connectivity index (χ4n) is 3.70. The van der Waals surface area contributed by atoms with Gasteiger partial charge in [0, 0.05) is 12.6 Å². The van der Waals surface area contributed by atoms with Gasteiger partial charge in [-0.05, 0) is 42.2 Å². The Hall–Kier alpha value is -1.35. The highest BCUT2D eigenvalue weighted by atomic mass is 16.1. The lowest BCUT2D eigenvalue weighted by molar-refractivity contribution is -0.120. The molecule has 128 valence electrons. The summed E-state index contributed by atoms with van der Waals surface area (Å²) < 4.78 is 0. The Morgan fingerprint density at radius 3 is 2.57 bits per heavy atom. The lowest BCUT2D eigenvalue weighted by atomic mass is 9.69. The zero-order chi connectivity index (χ0) is 16.9. The molecule has 0 saturated heterocycles. The van der Waals surface area contributed by atoms with Gasteiger partial charge in [-0.15, -0.1) is 0 Å². The van der Waals surface area contributed by atoms with Crippen LogP contribution in [0.5, 0.6) is 0 Å². The molecule has 0 spiro atoms. The molecule has 0 aromatic heterocycles. The molecule has 1 amide bonds. The molecule has 3 nitrogen and oxygen atoms in total. The van der Waals surface area contributed by atoms with Crippen LogP contribution in [0.15, 0.2) is 24.3 Å². The normalized spacial score (nSPS) is 21.9. The summed E-state index contributed by atoms with van der Waals surface area (Å²) in [6, 6.07) is 8.66. The first-order chi connectivity index (χ1) is 10.9. The molecule has 1 fully saturated rings. The van der Waals surface area contributed by atoms with Crippen LogP contribution >= 0.6 is 0 Å². The Balaban J connectivity index is 1.80.